The van der Waals surface area contributed by atoms with Gasteiger partial charge in [0, 0.05) is 5.69 Å². The number of carboxylic acid groups (broad SMARTS) is 1. The van der Waals surface area contributed by atoms with Gasteiger partial charge in [0.05, 0.1) is 17.6 Å². The van der Waals surface area contributed by atoms with Gasteiger partial charge in [0.2, 0.25) is 0 Å². The number of amides is 2. The number of nitrogens with two attached hydrogens (primary N) is 1. The minimum atomic E-state index is -1.06. The van der Waals surface area contributed by atoms with Crippen LogP contribution in [0.5, 0.6) is 0 Å². The average Bonchev–Trinajstić information content (AvgIpc) is 2.73. The van der Waals surface area contributed by atoms with E-state index in [1.807, 2.05) is 60.7 Å². The molecule has 3 aromatic carbocycles. The Morgan fingerprint density at radius 1 is 0.821 bits per heavy atom. The molecule has 2 atom stereocenters. The van der Waals surface area contributed by atoms with E-state index in [0.717, 1.165) is 11.1 Å². The van der Waals surface area contributed by atoms with Crippen molar-refractivity contribution in [1.82, 2.24) is 5.32 Å². The summed E-state index contributed by atoms with van der Waals surface area (Å²) in [5, 5.41) is 14.7. The van der Waals surface area contributed by atoms with Crippen LogP contribution in [-0.2, 0) is 0 Å². The molecule has 3 aromatic rings. The molecule has 0 heterocycles. The molecule has 142 valence electrons. The second-order valence-corrected chi connectivity index (χ2v) is 6.31. The number of hydrogen-bond donors (Lipinski definition) is 4. The number of benzene rings is 3. The second kappa shape index (κ2) is 8.83. The fourth-order valence-electron chi connectivity index (χ4n) is 2.95. The molecule has 0 aliphatic carbocycles. The molecule has 0 saturated carbocycles. The number of carboxylic acids is 1. The summed E-state index contributed by atoms with van der Waals surface area (Å²) in [6.07, 6.45) is 0. The Bertz CT molecular complexity index is 946. The molecule has 0 saturated heterocycles. The summed E-state index contributed by atoms with van der Waals surface area (Å²) in [5.41, 5.74) is 8.70. The Morgan fingerprint density at radius 3 is 2.04 bits per heavy atom. The van der Waals surface area contributed by atoms with E-state index in [0.29, 0.717) is 5.69 Å². The highest BCUT2D eigenvalue weighted by Gasteiger charge is 2.23. The molecule has 0 aromatic heterocycles. The smallest absolute Gasteiger partial charge is 0.335 e. The average molecular weight is 375 g/mol. The van der Waals surface area contributed by atoms with Gasteiger partial charge >= 0.3 is 12.0 Å². The van der Waals surface area contributed by atoms with Gasteiger partial charge in [-0.05, 0) is 29.3 Å². The van der Waals surface area contributed by atoms with Crippen LogP contribution in [0.1, 0.15) is 33.6 Å². The van der Waals surface area contributed by atoms with Crippen LogP contribution >= 0.6 is 0 Å². The fourth-order valence-corrected chi connectivity index (χ4v) is 2.95. The zero-order chi connectivity index (χ0) is 19.9. The summed E-state index contributed by atoms with van der Waals surface area (Å²) in [6, 6.07) is 23.7. The van der Waals surface area contributed by atoms with E-state index < -0.39 is 24.1 Å². The summed E-state index contributed by atoms with van der Waals surface area (Å²) in [7, 11) is 0. The van der Waals surface area contributed by atoms with Crippen molar-refractivity contribution in [3.8, 4) is 0 Å². The lowest BCUT2D eigenvalue weighted by Crippen LogP contribution is -2.38. The molecular formula is C22H21N3O3. The molecule has 2 amide bonds. The summed E-state index contributed by atoms with van der Waals surface area (Å²) in [6.45, 7) is 0. The molecule has 0 aliphatic rings. The van der Waals surface area contributed by atoms with Crippen molar-refractivity contribution in [3.63, 3.8) is 0 Å². The predicted octanol–water partition coefficient (Wildman–Crippen LogP) is 3.95. The maximum Gasteiger partial charge on any atom is 0.335 e. The minimum Gasteiger partial charge on any atom is -0.478 e. The molecule has 5 N–H and O–H groups in total. The van der Waals surface area contributed by atoms with Gasteiger partial charge in [-0.1, -0.05) is 66.7 Å². The largest absolute Gasteiger partial charge is 0.478 e. The van der Waals surface area contributed by atoms with Crippen molar-refractivity contribution in [2.45, 2.75) is 12.1 Å². The number of urea groups is 1. The van der Waals surface area contributed by atoms with Gasteiger partial charge in [-0.25, -0.2) is 9.59 Å². The standard InChI is InChI=1S/C22H21N3O3/c23-19(15-8-3-1-4-9-15)20(16-10-5-2-6-11-16)25-22(28)24-18-13-7-12-17(14-18)21(26)27/h1-14,19-20H,23H2,(H,26,27)(H2,24,25,28). The maximum atomic E-state index is 12.6. The molecule has 0 spiro atoms. The van der Waals surface area contributed by atoms with E-state index >= 15 is 0 Å². The third-order valence-electron chi connectivity index (χ3n) is 4.36. The van der Waals surface area contributed by atoms with Crippen LogP contribution in [0.2, 0.25) is 0 Å². The number of carbonyl (C=O) groups is 2. The first kappa shape index (κ1) is 19.1. The van der Waals surface area contributed by atoms with Crippen molar-refractivity contribution in [3.05, 3.63) is 102 Å². The molecule has 28 heavy (non-hydrogen) atoms. The van der Waals surface area contributed by atoms with E-state index in [9.17, 15) is 9.59 Å². The highest BCUT2D eigenvalue weighted by Crippen LogP contribution is 2.27. The van der Waals surface area contributed by atoms with Crippen LogP contribution in [0.3, 0.4) is 0 Å². The van der Waals surface area contributed by atoms with E-state index in [2.05, 4.69) is 10.6 Å². The third kappa shape index (κ3) is 4.75. The Hall–Kier alpha value is -3.64. The second-order valence-electron chi connectivity index (χ2n) is 6.31. The number of hydrogen-bond acceptors (Lipinski definition) is 3. The lowest BCUT2D eigenvalue weighted by atomic mass is 9.94. The molecule has 0 radical (unpaired) electrons. The van der Waals surface area contributed by atoms with Crippen LogP contribution in [0, 0.1) is 0 Å². The van der Waals surface area contributed by atoms with Gasteiger partial charge in [-0.2, -0.15) is 0 Å². The molecule has 0 aliphatic heterocycles. The SMILES string of the molecule is NC(c1ccccc1)C(NC(=O)Nc1cccc(C(=O)O)c1)c1ccccc1. The number of rotatable bonds is 6. The van der Waals surface area contributed by atoms with Gasteiger partial charge in [0.1, 0.15) is 0 Å². The molecule has 0 fully saturated rings. The lowest BCUT2D eigenvalue weighted by Gasteiger charge is -2.26. The highest BCUT2D eigenvalue weighted by molar-refractivity contribution is 5.93. The minimum absolute atomic E-state index is 0.0957. The number of aromatic carboxylic acids is 1. The first-order chi connectivity index (χ1) is 13.5. The molecule has 6 nitrogen and oxygen atoms in total. The van der Waals surface area contributed by atoms with Crippen molar-refractivity contribution < 1.29 is 14.7 Å². The van der Waals surface area contributed by atoms with E-state index in [-0.39, 0.29) is 5.56 Å². The Kier molecular flexibility index (Phi) is 6.04. The van der Waals surface area contributed by atoms with Crippen LogP contribution in [-0.4, -0.2) is 17.1 Å². The fraction of sp³-hybridized carbons (Fsp3) is 0.0909. The monoisotopic (exact) mass is 375 g/mol. The van der Waals surface area contributed by atoms with Gasteiger partial charge < -0.3 is 21.5 Å². The first-order valence-corrected chi connectivity index (χ1v) is 8.81. The van der Waals surface area contributed by atoms with Crippen LogP contribution in [0.4, 0.5) is 10.5 Å². The first-order valence-electron chi connectivity index (χ1n) is 8.81. The lowest BCUT2D eigenvalue weighted by molar-refractivity contribution is 0.0697. The highest BCUT2D eigenvalue weighted by atomic mass is 16.4. The summed E-state index contributed by atoms with van der Waals surface area (Å²) < 4.78 is 0. The van der Waals surface area contributed by atoms with Crippen molar-refractivity contribution in [1.29, 1.82) is 0 Å². The quantitative estimate of drug-likeness (QED) is 0.524. The zero-order valence-corrected chi connectivity index (χ0v) is 15.1. The van der Waals surface area contributed by atoms with Crippen molar-refractivity contribution >= 4 is 17.7 Å². The molecule has 3 rings (SSSR count). The van der Waals surface area contributed by atoms with E-state index in [4.69, 9.17) is 10.8 Å². The van der Waals surface area contributed by atoms with Crippen molar-refractivity contribution in [2.75, 3.05) is 5.32 Å². The van der Waals surface area contributed by atoms with E-state index in [1.54, 1.807) is 12.1 Å². The maximum absolute atomic E-state index is 12.6. The zero-order valence-electron chi connectivity index (χ0n) is 15.1. The van der Waals surface area contributed by atoms with Crippen molar-refractivity contribution in [2.24, 2.45) is 5.73 Å². The Labute approximate surface area is 163 Å². The summed E-state index contributed by atoms with van der Waals surface area (Å²) in [5.74, 6) is -1.06. The van der Waals surface area contributed by atoms with E-state index in [1.165, 1.54) is 12.1 Å². The van der Waals surface area contributed by atoms with Crippen LogP contribution < -0.4 is 16.4 Å². The Balaban J connectivity index is 1.80. The topological polar surface area (TPSA) is 104 Å². The van der Waals surface area contributed by atoms with Gasteiger partial charge in [0.25, 0.3) is 0 Å². The molecule has 6 heteroatoms. The molecular weight excluding hydrogens is 354 g/mol. The van der Waals surface area contributed by atoms with Crippen LogP contribution in [0.15, 0.2) is 84.9 Å². The normalized spacial score (nSPS) is 12.6. The Morgan fingerprint density at radius 2 is 1.43 bits per heavy atom. The van der Waals surface area contributed by atoms with Gasteiger partial charge in [0.15, 0.2) is 0 Å². The predicted molar refractivity (Wildman–Crippen MR) is 108 cm³/mol. The molecule has 2 unspecified atom stereocenters. The number of anilines is 1. The number of nitrogens with one attached hydrogen (secondary N) is 2. The third-order valence-corrected chi connectivity index (χ3v) is 4.36. The summed E-state index contributed by atoms with van der Waals surface area (Å²) >= 11 is 0. The van der Waals surface area contributed by atoms with Gasteiger partial charge in [-0.15, -0.1) is 0 Å². The van der Waals surface area contributed by atoms with Crippen LogP contribution in [0.25, 0.3) is 0 Å². The summed E-state index contributed by atoms with van der Waals surface area (Å²) in [4.78, 5) is 23.7. The van der Waals surface area contributed by atoms with Gasteiger partial charge in [-0.3, -0.25) is 0 Å². The molecule has 0 bridgehead atoms. The number of carbonyl (C=O) groups excluding carboxylic acids is 1.